The van der Waals surface area contributed by atoms with Crippen LogP contribution in [0.5, 0.6) is 0 Å². The monoisotopic (exact) mass is 403 g/mol. The van der Waals surface area contributed by atoms with Crippen molar-refractivity contribution in [3.8, 4) is 0 Å². The number of benzene rings is 1. The highest BCUT2D eigenvalue weighted by Gasteiger charge is 2.68. The van der Waals surface area contributed by atoms with Gasteiger partial charge in [-0.3, -0.25) is 19.7 Å². The van der Waals surface area contributed by atoms with Crippen LogP contribution in [0.15, 0.2) is 40.5 Å². The van der Waals surface area contributed by atoms with Gasteiger partial charge in [0.15, 0.2) is 5.76 Å². The zero-order chi connectivity index (χ0) is 20.9. The maximum Gasteiger partial charge on any atom is 0.293 e. The Hall–Kier alpha value is -3.68. The standard InChI is InChI=1S/C22H17N3O5/c1-10-11(2)23-20-15(26)7-18-22(19(10)20)8-13(22)9-24(18)21(27)17-6-12-5-14(25(28)29)3-4-16(12)30-17/h3-7,13,23H,8-9H2,1-2H3/t13-,22+/m1/s1. The zero-order valence-electron chi connectivity index (χ0n) is 16.3. The average Bonchev–Trinajstić information content (AvgIpc) is 3.00. The van der Waals surface area contributed by atoms with E-state index in [-0.39, 0.29) is 34.5 Å². The van der Waals surface area contributed by atoms with Crippen LogP contribution in [-0.2, 0) is 5.41 Å². The summed E-state index contributed by atoms with van der Waals surface area (Å²) in [5, 5.41) is 11.5. The Balaban J connectivity index is 1.41. The first-order valence-electron chi connectivity index (χ1n) is 9.77. The van der Waals surface area contributed by atoms with Gasteiger partial charge in [-0.1, -0.05) is 0 Å². The molecule has 8 heteroatoms. The molecule has 1 saturated heterocycles. The van der Waals surface area contributed by atoms with Crippen molar-refractivity contribution < 1.29 is 18.9 Å². The lowest BCUT2D eigenvalue weighted by Gasteiger charge is -2.27. The second-order valence-electron chi connectivity index (χ2n) is 8.40. The third kappa shape index (κ3) is 1.95. The maximum atomic E-state index is 13.3. The topological polar surface area (TPSA) is 109 Å². The molecule has 30 heavy (non-hydrogen) atoms. The number of aromatic nitrogens is 1. The van der Waals surface area contributed by atoms with Crippen LogP contribution >= 0.6 is 0 Å². The number of furan rings is 1. The molecule has 3 aromatic rings. The summed E-state index contributed by atoms with van der Waals surface area (Å²) < 4.78 is 5.70. The fraction of sp³-hybridized carbons (Fsp3) is 0.273. The van der Waals surface area contributed by atoms with Crippen molar-refractivity contribution in [2.45, 2.75) is 25.7 Å². The SMILES string of the molecule is Cc1[nH]c2c(c1C)[C@@]13C[C@@H]1CN(C(=O)c1cc4cc([N+](=O)[O-])ccc4o1)C3=CC2=O. The normalized spacial score (nSPS) is 23.8. The Bertz CT molecular complexity index is 1360. The number of hydrogen-bond donors (Lipinski definition) is 1. The molecule has 0 unspecified atom stereocenters. The van der Waals surface area contributed by atoms with Gasteiger partial charge in [0, 0.05) is 46.9 Å². The number of nitrogens with one attached hydrogen (secondary N) is 1. The third-order valence-electron chi connectivity index (χ3n) is 6.88. The van der Waals surface area contributed by atoms with E-state index in [0.717, 1.165) is 28.9 Å². The van der Waals surface area contributed by atoms with Gasteiger partial charge >= 0.3 is 0 Å². The summed E-state index contributed by atoms with van der Waals surface area (Å²) in [6.45, 7) is 4.50. The number of amides is 1. The third-order valence-corrected chi connectivity index (χ3v) is 6.88. The van der Waals surface area contributed by atoms with E-state index in [1.165, 1.54) is 24.3 Å². The van der Waals surface area contributed by atoms with Crippen molar-refractivity contribution in [1.82, 2.24) is 9.88 Å². The number of piperidine rings is 1. The molecule has 2 fully saturated rings. The van der Waals surface area contributed by atoms with Crippen LogP contribution in [0, 0.1) is 29.9 Å². The highest BCUT2D eigenvalue weighted by Crippen LogP contribution is 2.67. The van der Waals surface area contributed by atoms with Crippen molar-refractivity contribution >= 4 is 28.3 Å². The highest BCUT2D eigenvalue weighted by molar-refractivity contribution is 6.09. The molecule has 1 spiro atoms. The summed E-state index contributed by atoms with van der Waals surface area (Å²) in [5.41, 5.74) is 4.54. The summed E-state index contributed by atoms with van der Waals surface area (Å²) in [7, 11) is 0. The number of aromatic amines is 1. The number of hydrogen-bond acceptors (Lipinski definition) is 5. The Morgan fingerprint density at radius 3 is 2.90 bits per heavy atom. The number of nitrogens with zero attached hydrogens (tertiary/aromatic N) is 2. The average molecular weight is 403 g/mol. The molecule has 6 rings (SSSR count). The first-order valence-corrected chi connectivity index (χ1v) is 9.77. The van der Waals surface area contributed by atoms with E-state index in [9.17, 15) is 19.7 Å². The van der Waals surface area contributed by atoms with Gasteiger partial charge in [0.05, 0.1) is 10.6 Å². The Labute approximate surface area is 170 Å². The predicted octanol–water partition coefficient (Wildman–Crippen LogP) is 3.78. The van der Waals surface area contributed by atoms with E-state index in [1.807, 2.05) is 13.8 Å². The van der Waals surface area contributed by atoms with Crippen molar-refractivity contribution in [3.63, 3.8) is 0 Å². The van der Waals surface area contributed by atoms with Gasteiger partial charge in [-0.15, -0.1) is 0 Å². The maximum absolute atomic E-state index is 13.3. The van der Waals surface area contributed by atoms with Gasteiger partial charge in [0.1, 0.15) is 5.58 Å². The molecular formula is C22H17N3O5. The van der Waals surface area contributed by atoms with Crippen molar-refractivity contribution in [3.05, 3.63) is 74.4 Å². The van der Waals surface area contributed by atoms with Crippen molar-refractivity contribution in [2.75, 3.05) is 6.54 Å². The number of H-pyrrole nitrogens is 1. The van der Waals surface area contributed by atoms with Gasteiger partial charge < -0.3 is 14.3 Å². The molecule has 150 valence electrons. The number of carbonyl (C=O) groups is 2. The van der Waals surface area contributed by atoms with Crippen LogP contribution in [0.3, 0.4) is 0 Å². The lowest BCUT2D eigenvalue weighted by molar-refractivity contribution is -0.384. The molecular weight excluding hydrogens is 386 g/mol. The summed E-state index contributed by atoms with van der Waals surface area (Å²) >= 11 is 0. The number of nitro groups is 1. The minimum atomic E-state index is -0.483. The number of likely N-dealkylation sites (tertiary alicyclic amines) is 1. The molecule has 2 aliphatic carbocycles. The van der Waals surface area contributed by atoms with Crippen LogP contribution < -0.4 is 0 Å². The van der Waals surface area contributed by atoms with E-state index < -0.39 is 4.92 Å². The molecule has 2 atom stereocenters. The van der Waals surface area contributed by atoms with Gasteiger partial charge in [-0.25, -0.2) is 0 Å². The van der Waals surface area contributed by atoms with E-state index in [2.05, 4.69) is 4.98 Å². The molecule has 0 radical (unpaired) electrons. The fourth-order valence-corrected chi connectivity index (χ4v) is 5.30. The first kappa shape index (κ1) is 17.2. The van der Waals surface area contributed by atoms with Gasteiger partial charge in [-0.05, 0) is 49.4 Å². The summed E-state index contributed by atoms with van der Waals surface area (Å²) in [6, 6.07) is 5.76. The quantitative estimate of drug-likeness (QED) is 0.517. The van der Waals surface area contributed by atoms with Crippen LogP contribution in [0.25, 0.3) is 11.0 Å². The Morgan fingerprint density at radius 1 is 1.33 bits per heavy atom. The number of fused-ring (bicyclic) bond motifs is 2. The van der Waals surface area contributed by atoms with Crippen LogP contribution in [-0.4, -0.2) is 33.0 Å². The summed E-state index contributed by atoms with van der Waals surface area (Å²) in [6.07, 6.45) is 2.50. The van der Waals surface area contributed by atoms with E-state index in [1.54, 1.807) is 11.0 Å². The summed E-state index contributed by atoms with van der Waals surface area (Å²) in [5.74, 6) is -0.0535. The molecule has 1 amide bonds. The van der Waals surface area contributed by atoms with E-state index >= 15 is 0 Å². The Kier molecular flexibility index (Phi) is 3.02. The Morgan fingerprint density at radius 2 is 2.13 bits per heavy atom. The van der Waals surface area contributed by atoms with Gasteiger partial charge in [-0.2, -0.15) is 0 Å². The van der Waals surface area contributed by atoms with Crippen LogP contribution in [0.1, 0.15) is 44.3 Å². The van der Waals surface area contributed by atoms with Gasteiger partial charge in [0.2, 0.25) is 5.78 Å². The highest BCUT2D eigenvalue weighted by atomic mass is 16.6. The van der Waals surface area contributed by atoms with E-state index in [0.29, 0.717) is 23.2 Å². The first-order chi connectivity index (χ1) is 14.3. The number of non-ortho nitro benzene ring substituents is 1. The van der Waals surface area contributed by atoms with Crippen LogP contribution in [0.2, 0.25) is 0 Å². The molecule has 8 nitrogen and oxygen atoms in total. The molecule has 1 aliphatic heterocycles. The number of ketones is 1. The second-order valence-corrected chi connectivity index (χ2v) is 8.40. The van der Waals surface area contributed by atoms with Gasteiger partial charge in [0.25, 0.3) is 11.6 Å². The zero-order valence-corrected chi connectivity index (χ0v) is 16.3. The molecule has 0 bridgehead atoms. The largest absolute Gasteiger partial charge is 0.451 e. The fourth-order valence-electron chi connectivity index (χ4n) is 5.30. The molecule has 3 heterocycles. The minimum Gasteiger partial charge on any atom is -0.451 e. The lowest BCUT2D eigenvalue weighted by Crippen LogP contribution is -2.33. The molecule has 2 aromatic heterocycles. The number of nitro benzene ring substituents is 1. The number of allylic oxidation sites excluding steroid dienone is 2. The minimum absolute atomic E-state index is 0.0601. The molecule has 3 aliphatic rings. The van der Waals surface area contributed by atoms with Crippen LogP contribution in [0.4, 0.5) is 5.69 Å². The lowest BCUT2D eigenvalue weighted by atomic mass is 9.83. The number of aryl methyl sites for hydroxylation is 1. The van der Waals surface area contributed by atoms with Crippen molar-refractivity contribution in [1.29, 1.82) is 0 Å². The predicted molar refractivity (Wildman–Crippen MR) is 106 cm³/mol. The summed E-state index contributed by atoms with van der Waals surface area (Å²) in [4.78, 5) is 41.5. The number of carbonyl (C=O) groups excluding carboxylic acids is 2. The smallest absolute Gasteiger partial charge is 0.293 e. The van der Waals surface area contributed by atoms with E-state index in [4.69, 9.17) is 4.42 Å². The second kappa shape index (κ2) is 5.27. The number of rotatable bonds is 2. The molecule has 1 aromatic carbocycles. The van der Waals surface area contributed by atoms with Crippen molar-refractivity contribution in [2.24, 2.45) is 5.92 Å². The molecule has 1 saturated carbocycles. The molecule has 1 N–H and O–H groups in total.